The Balaban J connectivity index is 1.23. The smallest absolute Gasteiger partial charge is 0.296 e. The maximum atomic E-state index is 14.0. The van der Waals surface area contributed by atoms with Crippen LogP contribution in [0.2, 0.25) is 5.02 Å². The fourth-order valence-corrected chi connectivity index (χ4v) is 4.68. The van der Waals surface area contributed by atoms with Crippen molar-refractivity contribution in [1.29, 1.82) is 0 Å². The Morgan fingerprint density at radius 1 is 1.06 bits per heavy atom. The van der Waals surface area contributed by atoms with Gasteiger partial charge in [-0.2, -0.15) is 4.98 Å². The van der Waals surface area contributed by atoms with Crippen LogP contribution in [0.1, 0.15) is 17.7 Å². The minimum absolute atomic E-state index is 0.00449. The van der Waals surface area contributed by atoms with E-state index in [-0.39, 0.29) is 48.8 Å². The van der Waals surface area contributed by atoms with E-state index in [1.807, 2.05) is 0 Å². The number of hydrogen-bond donors (Lipinski definition) is 1. The van der Waals surface area contributed by atoms with E-state index in [0.717, 1.165) is 6.42 Å². The van der Waals surface area contributed by atoms with Gasteiger partial charge in [0.2, 0.25) is 0 Å². The summed E-state index contributed by atoms with van der Waals surface area (Å²) in [6.45, 7) is 1.99. The Hall–Kier alpha value is -2.37. The summed E-state index contributed by atoms with van der Waals surface area (Å²) < 4.78 is 56.6. The Morgan fingerprint density at radius 3 is 2.57 bits per heavy atom. The molecular formula is C24H26ClF2N3O5. The molecule has 0 radical (unpaired) electrons. The van der Waals surface area contributed by atoms with E-state index in [2.05, 4.69) is 15.0 Å². The van der Waals surface area contributed by atoms with Crippen molar-refractivity contribution < 1.29 is 32.5 Å². The molecule has 0 bridgehead atoms. The van der Waals surface area contributed by atoms with Crippen molar-refractivity contribution in [1.82, 2.24) is 15.0 Å². The summed E-state index contributed by atoms with van der Waals surface area (Å²) in [6, 6.07) is 5.74. The van der Waals surface area contributed by atoms with Crippen molar-refractivity contribution in [2.75, 3.05) is 33.5 Å². The quantitative estimate of drug-likeness (QED) is 0.417. The maximum Gasteiger partial charge on any atom is 0.296 e. The van der Waals surface area contributed by atoms with E-state index in [1.54, 1.807) is 13.2 Å². The van der Waals surface area contributed by atoms with Crippen LogP contribution in [0.25, 0.3) is 11.2 Å². The van der Waals surface area contributed by atoms with Gasteiger partial charge in [-0.25, -0.2) is 13.8 Å². The first-order chi connectivity index (χ1) is 17.0. The molecular weight excluding hydrogens is 484 g/mol. The zero-order valence-electron chi connectivity index (χ0n) is 19.1. The summed E-state index contributed by atoms with van der Waals surface area (Å²) in [5, 5.41) is 0.376. The second kappa shape index (κ2) is 10.7. The first-order valence-electron chi connectivity index (χ1n) is 11.5. The molecule has 0 saturated carbocycles. The number of nitrogens with zero attached hydrogens (tertiary/aromatic N) is 2. The van der Waals surface area contributed by atoms with Gasteiger partial charge in [0.15, 0.2) is 11.8 Å². The monoisotopic (exact) mass is 509 g/mol. The van der Waals surface area contributed by atoms with Crippen LogP contribution in [0.5, 0.6) is 6.01 Å². The molecule has 5 rings (SSSR count). The molecule has 11 heteroatoms. The Labute approximate surface area is 205 Å². The van der Waals surface area contributed by atoms with E-state index >= 15 is 0 Å². The second-order valence-electron chi connectivity index (χ2n) is 8.54. The topological polar surface area (TPSA) is 87.7 Å². The Kier molecular flexibility index (Phi) is 7.45. The molecule has 188 valence electrons. The van der Waals surface area contributed by atoms with E-state index < -0.39 is 11.6 Å². The van der Waals surface area contributed by atoms with E-state index in [4.69, 9.17) is 35.3 Å². The number of aromatic nitrogens is 3. The van der Waals surface area contributed by atoms with Gasteiger partial charge < -0.3 is 28.7 Å². The fourth-order valence-electron chi connectivity index (χ4n) is 4.43. The number of methoxy groups -OCH3 is 1. The first kappa shape index (κ1) is 24.3. The Morgan fingerprint density at radius 2 is 1.80 bits per heavy atom. The lowest BCUT2D eigenvalue weighted by Crippen LogP contribution is -2.35. The number of pyridine rings is 1. The molecule has 1 aromatic carbocycles. The molecule has 0 amide bonds. The van der Waals surface area contributed by atoms with Crippen LogP contribution in [0.15, 0.2) is 24.3 Å². The lowest BCUT2D eigenvalue weighted by molar-refractivity contribution is -0.0395. The van der Waals surface area contributed by atoms with Crippen LogP contribution < -0.4 is 4.74 Å². The highest BCUT2D eigenvalue weighted by Gasteiger charge is 2.49. The Bertz CT molecular complexity index is 1160. The van der Waals surface area contributed by atoms with Crippen molar-refractivity contribution >= 4 is 22.8 Å². The van der Waals surface area contributed by atoms with Crippen LogP contribution in [0, 0.1) is 11.6 Å². The summed E-state index contributed by atoms with van der Waals surface area (Å²) >= 11 is 6.38. The molecule has 0 spiro atoms. The van der Waals surface area contributed by atoms with Crippen molar-refractivity contribution in [3.63, 3.8) is 0 Å². The molecule has 4 heterocycles. The first-order valence-corrected chi connectivity index (χ1v) is 11.9. The van der Waals surface area contributed by atoms with Gasteiger partial charge in [0.05, 0.1) is 29.4 Å². The van der Waals surface area contributed by atoms with Gasteiger partial charge in [-0.15, -0.1) is 0 Å². The number of imidazole rings is 1. The standard InChI is InChI=1S/C24H26ClF2N3O5/c1-31-8-3-9-32-19-11-33-22-20(12-34-21(19)22)35-24-29-18-10-14(25)17(28-23(18)30-24)7-6-13-15(26)4-2-5-16(13)27/h2,4-5,10,19-22H,3,6-9,11-12H2,1H3,(H,28,29,30)/t19-,20-,21-,22-/m1/s1. The SMILES string of the molecule is COCCCO[C@@H]1CO[C@H]2[C@@H]1OC[C@H]2Oc1nc2nc(CCc3c(F)cccc3F)c(Cl)cc2[nH]1. The van der Waals surface area contributed by atoms with Gasteiger partial charge in [-0.05, 0) is 37.5 Å². The fraction of sp³-hybridized carbons (Fsp3) is 0.500. The van der Waals surface area contributed by atoms with Crippen LogP contribution in [-0.4, -0.2) is 72.9 Å². The zero-order chi connectivity index (χ0) is 24.4. The molecule has 2 aromatic heterocycles. The number of halogens is 3. The number of ether oxygens (including phenoxy) is 5. The number of fused-ring (bicyclic) bond motifs is 2. The van der Waals surface area contributed by atoms with Crippen LogP contribution in [0.4, 0.5) is 8.78 Å². The third kappa shape index (κ3) is 5.26. The minimum atomic E-state index is -0.591. The number of aromatic amines is 1. The minimum Gasteiger partial charge on any atom is -0.456 e. The lowest BCUT2D eigenvalue weighted by Gasteiger charge is -2.17. The predicted molar refractivity (Wildman–Crippen MR) is 123 cm³/mol. The summed E-state index contributed by atoms with van der Waals surface area (Å²) in [5.41, 5.74) is 1.49. The number of nitrogens with one attached hydrogen (secondary N) is 1. The highest BCUT2D eigenvalue weighted by Crippen LogP contribution is 2.32. The summed E-state index contributed by atoms with van der Waals surface area (Å²) in [6.07, 6.45) is 0.212. The molecule has 0 unspecified atom stereocenters. The molecule has 2 saturated heterocycles. The van der Waals surface area contributed by atoms with E-state index in [9.17, 15) is 8.78 Å². The van der Waals surface area contributed by atoms with Gasteiger partial charge in [0.25, 0.3) is 6.01 Å². The molecule has 2 aliphatic rings. The number of hydrogen-bond acceptors (Lipinski definition) is 7. The molecule has 3 aromatic rings. The number of benzene rings is 1. The van der Waals surface area contributed by atoms with Crippen molar-refractivity contribution in [3.8, 4) is 6.01 Å². The van der Waals surface area contributed by atoms with Gasteiger partial charge >= 0.3 is 0 Å². The molecule has 2 fully saturated rings. The molecule has 4 atom stereocenters. The molecule has 0 aliphatic carbocycles. The second-order valence-corrected chi connectivity index (χ2v) is 8.95. The zero-order valence-corrected chi connectivity index (χ0v) is 19.9. The molecule has 8 nitrogen and oxygen atoms in total. The number of aryl methyl sites for hydroxylation is 1. The van der Waals surface area contributed by atoms with E-state index in [0.29, 0.717) is 48.3 Å². The van der Waals surface area contributed by atoms with Crippen molar-refractivity contribution in [3.05, 3.63) is 52.2 Å². The third-order valence-electron chi connectivity index (χ3n) is 6.20. The number of rotatable bonds is 10. The number of H-pyrrole nitrogens is 1. The largest absolute Gasteiger partial charge is 0.456 e. The van der Waals surface area contributed by atoms with Gasteiger partial charge in [-0.3, -0.25) is 0 Å². The maximum absolute atomic E-state index is 14.0. The van der Waals surface area contributed by atoms with Crippen LogP contribution in [0.3, 0.4) is 0 Å². The average Bonchev–Trinajstić information content (AvgIpc) is 3.53. The predicted octanol–water partition coefficient (Wildman–Crippen LogP) is 3.64. The summed E-state index contributed by atoms with van der Waals surface area (Å²) in [4.78, 5) is 12.0. The molecule has 35 heavy (non-hydrogen) atoms. The molecule has 1 N–H and O–H groups in total. The average molecular weight is 510 g/mol. The van der Waals surface area contributed by atoms with Gasteiger partial charge in [-0.1, -0.05) is 17.7 Å². The lowest BCUT2D eigenvalue weighted by atomic mass is 10.1. The summed E-state index contributed by atoms with van der Waals surface area (Å²) in [5.74, 6) is -1.18. The highest BCUT2D eigenvalue weighted by atomic mass is 35.5. The molecule has 2 aliphatic heterocycles. The normalized spacial score (nSPS) is 23.8. The highest BCUT2D eigenvalue weighted by molar-refractivity contribution is 6.31. The van der Waals surface area contributed by atoms with E-state index in [1.165, 1.54) is 18.2 Å². The van der Waals surface area contributed by atoms with Gasteiger partial charge in [0.1, 0.15) is 29.9 Å². The van der Waals surface area contributed by atoms with Crippen LogP contribution in [-0.2, 0) is 31.8 Å². The third-order valence-corrected chi connectivity index (χ3v) is 6.53. The van der Waals surface area contributed by atoms with Crippen molar-refractivity contribution in [2.24, 2.45) is 0 Å². The van der Waals surface area contributed by atoms with Crippen molar-refractivity contribution in [2.45, 2.75) is 43.7 Å². The van der Waals surface area contributed by atoms with Crippen LogP contribution >= 0.6 is 11.6 Å². The summed E-state index contributed by atoms with van der Waals surface area (Å²) in [7, 11) is 1.66. The van der Waals surface area contributed by atoms with Gasteiger partial charge in [0, 0.05) is 25.9 Å².